The predicted molar refractivity (Wildman–Crippen MR) is 121 cm³/mol. The molecule has 0 spiro atoms. The number of benzene rings is 1. The molecule has 31 heavy (non-hydrogen) atoms. The first-order valence-electron chi connectivity index (χ1n) is 10.3. The van der Waals surface area contributed by atoms with Gasteiger partial charge in [-0.3, -0.25) is 9.59 Å². The van der Waals surface area contributed by atoms with Gasteiger partial charge in [0.05, 0.1) is 22.8 Å². The Morgan fingerprint density at radius 1 is 0.968 bits per heavy atom. The largest absolute Gasteiger partial charge is 0.350 e. The molecule has 0 bridgehead atoms. The molecule has 0 radical (unpaired) electrons. The molecule has 4 aromatic rings. The fourth-order valence-corrected chi connectivity index (χ4v) is 3.51. The number of fused-ring (bicyclic) bond motifs is 1. The number of nitrogens with one attached hydrogen (secondary N) is 1. The Balaban J connectivity index is 1.99. The van der Waals surface area contributed by atoms with E-state index < -0.39 is 0 Å². The van der Waals surface area contributed by atoms with Gasteiger partial charge in [-0.15, -0.1) is 0 Å². The van der Waals surface area contributed by atoms with Gasteiger partial charge in [0.15, 0.2) is 0 Å². The summed E-state index contributed by atoms with van der Waals surface area (Å²) in [5, 5.41) is 12.3. The maximum Gasteiger partial charge on any atom is 0.267 e. The third-order valence-electron chi connectivity index (χ3n) is 4.93. The van der Waals surface area contributed by atoms with Gasteiger partial charge >= 0.3 is 0 Å². The van der Waals surface area contributed by atoms with Crippen LogP contribution in [-0.4, -0.2) is 31.3 Å². The Labute approximate surface area is 180 Å². The van der Waals surface area contributed by atoms with Crippen molar-refractivity contribution in [1.29, 1.82) is 0 Å². The van der Waals surface area contributed by atoms with Crippen LogP contribution in [0.5, 0.6) is 0 Å². The van der Waals surface area contributed by atoms with Gasteiger partial charge in [0.2, 0.25) is 0 Å². The van der Waals surface area contributed by atoms with Crippen molar-refractivity contribution in [3.63, 3.8) is 0 Å². The average molecular weight is 415 g/mol. The summed E-state index contributed by atoms with van der Waals surface area (Å²) >= 11 is 0. The average Bonchev–Trinajstić information content (AvgIpc) is 3.13. The van der Waals surface area contributed by atoms with Gasteiger partial charge in [-0.25, -0.2) is 9.20 Å². The molecule has 1 amide bonds. The van der Waals surface area contributed by atoms with Crippen molar-refractivity contribution in [2.24, 2.45) is 0 Å². The summed E-state index contributed by atoms with van der Waals surface area (Å²) in [6, 6.07) is 16.6. The predicted octanol–water partition coefficient (Wildman–Crippen LogP) is 3.94. The van der Waals surface area contributed by atoms with E-state index in [1.807, 2.05) is 64.1 Å². The molecule has 0 saturated carbocycles. The zero-order valence-electron chi connectivity index (χ0n) is 18.0. The molecule has 0 saturated heterocycles. The third-order valence-corrected chi connectivity index (χ3v) is 4.93. The fourth-order valence-electron chi connectivity index (χ4n) is 3.51. The van der Waals surface area contributed by atoms with Gasteiger partial charge in [0.25, 0.3) is 11.5 Å². The van der Waals surface area contributed by atoms with E-state index in [1.54, 1.807) is 22.8 Å². The highest BCUT2D eigenvalue weighted by atomic mass is 16.1. The van der Waals surface area contributed by atoms with Crippen molar-refractivity contribution in [1.82, 2.24) is 24.7 Å². The number of pyridine rings is 1. The summed E-state index contributed by atoms with van der Waals surface area (Å²) in [7, 11) is 0. The lowest BCUT2D eigenvalue weighted by molar-refractivity contribution is 0.0943. The minimum Gasteiger partial charge on any atom is -0.350 e. The second-order valence-corrected chi connectivity index (χ2v) is 8.06. The van der Waals surface area contributed by atoms with Gasteiger partial charge in [-0.1, -0.05) is 30.3 Å². The molecule has 0 fully saturated rings. The van der Waals surface area contributed by atoms with Crippen molar-refractivity contribution in [2.75, 3.05) is 0 Å². The monoisotopic (exact) mass is 415 g/mol. The molecule has 0 aliphatic rings. The Kier molecular flexibility index (Phi) is 5.42. The molecule has 1 aromatic carbocycles. The first-order valence-corrected chi connectivity index (χ1v) is 10.3. The normalized spacial score (nSPS) is 11.4. The molecule has 3 heterocycles. The zero-order chi connectivity index (χ0) is 22.1. The summed E-state index contributed by atoms with van der Waals surface area (Å²) < 4.78 is 3.21. The van der Waals surface area contributed by atoms with E-state index in [2.05, 4.69) is 10.4 Å². The molecule has 0 aliphatic heterocycles. The molecule has 158 valence electrons. The van der Waals surface area contributed by atoms with Crippen LogP contribution in [0, 0.1) is 0 Å². The fraction of sp³-hybridized carbons (Fsp3) is 0.250. The Hall–Kier alpha value is -3.74. The molecule has 4 rings (SSSR count). The number of carbonyl (C=O) groups is 1. The second kappa shape index (κ2) is 8.18. The lowest BCUT2D eigenvalue weighted by Gasteiger charge is -2.11. The van der Waals surface area contributed by atoms with E-state index in [0.717, 1.165) is 22.3 Å². The number of aromatic nitrogens is 4. The van der Waals surface area contributed by atoms with E-state index in [9.17, 15) is 9.59 Å². The molecule has 7 heteroatoms. The molecular weight excluding hydrogens is 390 g/mol. The first kappa shape index (κ1) is 20.5. The van der Waals surface area contributed by atoms with Crippen molar-refractivity contribution < 1.29 is 4.79 Å². The molecule has 0 atom stereocenters. The van der Waals surface area contributed by atoms with Crippen LogP contribution in [0.4, 0.5) is 0 Å². The van der Waals surface area contributed by atoms with E-state index in [4.69, 9.17) is 5.10 Å². The van der Waals surface area contributed by atoms with Crippen molar-refractivity contribution in [3.8, 4) is 22.5 Å². The standard InChI is InChI=1S/C24H25N5O2/c1-15(2)25-24(31)18-12-13-28-20(14-18)22(23(27-28)17-8-6-5-7-9-17)19-10-11-21(30)29(26-19)16(3)4/h5-16H,1-4H3,(H,25,31). The van der Waals surface area contributed by atoms with E-state index in [-0.39, 0.29) is 23.6 Å². The minimum atomic E-state index is -0.159. The van der Waals surface area contributed by atoms with E-state index in [0.29, 0.717) is 11.3 Å². The first-order chi connectivity index (χ1) is 14.8. The van der Waals surface area contributed by atoms with Crippen LogP contribution in [0.1, 0.15) is 44.1 Å². The van der Waals surface area contributed by atoms with Crippen LogP contribution in [0.2, 0.25) is 0 Å². The molecule has 0 unspecified atom stereocenters. The van der Waals surface area contributed by atoms with Gasteiger partial charge in [0.1, 0.15) is 5.69 Å². The second-order valence-electron chi connectivity index (χ2n) is 8.06. The van der Waals surface area contributed by atoms with Crippen LogP contribution in [0.3, 0.4) is 0 Å². The summed E-state index contributed by atoms with van der Waals surface area (Å²) in [4.78, 5) is 24.9. The van der Waals surface area contributed by atoms with Crippen LogP contribution in [-0.2, 0) is 0 Å². The zero-order valence-corrected chi connectivity index (χ0v) is 18.0. The van der Waals surface area contributed by atoms with Crippen LogP contribution in [0.15, 0.2) is 65.6 Å². The Morgan fingerprint density at radius 3 is 2.39 bits per heavy atom. The van der Waals surface area contributed by atoms with E-state index >= 15 is 0 Å². The summed E-state index contributed by atoms with van der Waals surface area (Å²) in [6.07, 6.45) is 1.78. The highest BCUT2D eigenvalue weighted by Gasteiger charge is 2.20. The van der Waals surface area contributed by atoms with Gasteiger partial charge in [0, 0.05) is 29.4 Å². The number of hydrogen-bond donors (Lipinski definition) is 1. The maximum absolute atomic E-state index is 12.6. The Bertz CT molecular complexity index is 1300. The number of hydrogen-bond acceptors (Lipinski definition) is 4. The smallest absolute Gasteiger partial charge is 0.267 e. The maximum atomic E-state index is 12.6. The highest BCUT2D eigenvalue weighted by molar-refractivity contribution is 5.98. The molecular formula is C24H25N5O2. The van der Waals surface area contributed by atoms with Crippen molar-refractivity contribution >= 4 is 11.4 Å². The number of rotatable bonds is 5. The quantitative estimate of drug-likeness (QED) is 0.535. The minimum absolute atomic E-state index is 0.0317. The Morgan fingerprint density at radius 2 is 1.71 bits per heavy atom. The number of carbonyl (C=O) groups excluding carboxylic acids is 1. The molecule has 3 aromatic heterocycles. The van der Waals surface area contributed by atoms with Crippen LogP contribution in [0.25, 0.3) is 28.0 Å². The summed E-state index contributed by atoms with van der Waals surface area (Å²) in [6.45, 7) is 7.68. The van der Waals surface area contributed by atoms with E-state index in [1.165, 1.54) is 10.7 Å². The SMILES string of the molecule is CC(C)NC(=O)c1ccn2nc(-c3ccccc3)c(-c3ccc(=O)n(C(C)C)n3)c2c1. The van der Waals surface area contributed by atoms with Crippen LogP contribution >= 0.6 is 0 Å². The van der Waals surface area contributed by atoms with Crippen LogP contribution < -0.4 is 10.9 Å². The van der Waals surface area contributed by atoms with Crippen molar-refractivity contribution in [2.45, 2.75) is 39.8 Å². The number of nitrogens with zero attached hydrogens (tertiary/aromatic N) is 4. The van der Waals surface area contributed by atoms with Gasteiger partial charge in [-0.05, 0) is 45.9 Å². The number of amides is 1. The third kappa shape index (κ3) is 3.99. The molecule has 1 N–H and O–H groups in total. The van der Waals surface area contributed by atoms with Gasteiger partial charge < -0.3 is 5.32 Å². The summed E-state index contributed by atoms with van der Waals surface area (Å²) in [5.74, 6) is -0.147. The highest BCUT2D eigenvalue weighted by Crippen LogP contribution is 2.34. The van der Waals surface area contributed by atoms with Gasteiger partial charge in [-0.2, -0.15) is 10.2 Å². The lowest BCUT2D eigenvalue weighted by Crippen LogP contribution is -2.30. The lowest BCUT2D eigenvalue weighted by atomic mass is 10.0. The summed E-state index contributed by atoms with van der Waals surface area (Å²) in [5.41, 5.74) is 4.20. The molecule has 7 nitrogen and oxygen atoms in total. The molecule has 0 aliphatic carbocycles. The van der Waals surface area contributed by atoms with Crippen molar-refractivity contribution in [3.05, 3.63) is 76.7 Å². The topological polar surface area (TPSA) is 81.3 Å².